The molecule has 14 heteroatoms. The summed E-state index contributed by atoms with van der Waals surface area (Å²) in [6, 6.07) is 7.99. The highest BCUT2D eigenvalue weighted by molar-refractivity contribution is 7.99. The minimum absolute atomic E-state index is 0.0273. The van der Waals surface area contributed by atoms with Gasteiger partial charge in [-0.1, -0.05) is 24.3 Å². The number of fused-ring (bicyclic) bond motifs is 8. The first-order valence-corrected chi connectivity index (χ1v) is 19.3. The van der Waals surface area contributed by atoms with Gasteiger partial charge in [0.25, 0.3) is 0 Å². The van der Waals surface area contributed by atoms with Gasteiger partial charge in [-0.2, -0.15) is 0 Å². The van der Waals surface area contributed by atoms with E-state index in [1.165, 1.54) is 25.8 Å². The smallest absolute Gasteiger partial charge is 0.335 e. The zero-order valence-corrected chi connectivity index (χ0v) is 31.4. The largest absolute Gasteiger partial charge is 0.504 e. The number of benzene rings is 3. The summed E-state index contributed by atoms with van der Waals surface area (Å²) in [5.74, 6) is 1.41. The Morgan fingerprint density at radius 2 is 1.89 bits per heavy atom. The summed E-state index contributed by atoms with van der Waals surface area (Å²) in [4.78, 5) is 31.8. The van der Waals surface area contributed by atoms with E-state index >= 15 is 0 Å². The number of phenols is 1. The van der Waals surface area contributed by atoms with E-state index in [0.29, 0.717) is 69.6 Å². The molecule has 9 heterocycles. The molecule has 3 aromatic carbocycles. The fourth-order valence-electron chi connectivity index (χ4n) is 10.4. The summed E-state index contributed by atoms with van der Waals surface area (Å²) in [6.45, 7) is 5.64. The Bertz CT molecular complexity index is 2310. The molecular formula is C40H41N3O10S. The molecular weight excluding hydrogens is 715 g/mol. The topological polar surface area (TPSA) is 152 Å². The highest BCUT2D eigenvalue weighted by atomic mass is 32.2. The third-order valence-corrected chi connectivity index (χ3v) is 13.8. The van der Waals surface area contributed by atoms with Crippen LogP contribution >= 0.6 is 11.8 Å². The Kier molecular flexibility index (Phi) is 7.42. The number of hydrogen-bond acceptors (Lipinski definition) is 14. The Hall–Kier alpha value is -4.47. The number of carbonyl (C=O) groups excluding carboxylic acids is 2. The summed E-state index contributed by atoms with van der Waals surface area (Å²) in [5.41, 5.74) is 3.01. The number of aromatic hydroxyl groups is 1. The fourth-order valence-corrected chi connectivity index (χ4v) is 12.0. The number of phenolic OH excluding ortho intramolecular Hbond substituents is 1. The molecule has 0 radical (unpaired) electrons. The van der Waals surface area contributed by atoms with Crippen molar-refractivity contribution in [2.24, 2.45) is 0 Å². The summed E-state index contributed by atoms with van der Waals surface area (Å²) in [6.07, 6.45) is 0.860. The second-order valence-electron chi connectivity index (χ2n) is 15.3. The molecule has 1 spiro atoms. The second kappa shape index (κ2) is 11.8. The van der Waals surface area contributed by atoms with E-state index in [0.717, 1.165) is 22.1 Å². The van der Waals surface area contributed by atoms with Crippen molar-refractivity contribution in [1.29, 1.82) is 0 Å². The summed E-state index contributed by atoms with van der Waals surface area (Å²) < 4.78 is 37.2. The number of methoxy groups -OCH3 is 1. The summed E-state index contributed by atoms with van der Waals surface area (Å²) >= 11 is 1.50. The number of piperazine rings is 1. The van der Waals surface area contributed by atoms with E-state index in [-0.39, 0.29) is 37.9 Å². The van der Waals surface area contributed by atoms with E-state index in [4.69, 9.17) is 28.1 Å². The summed E-state index contributed by atoms with van der Waals surface area (Å²) in [5, 5.41) is 29.1. The van der Waals surface area contributed by atoms with Crippen LogP contribution in [0.25, 0.3) is 11.0 Å². The van der Waals surface area contributed by atoms with Gasteiger partial charge in [0.15, 0.2) is 28.5 Å². The van der Waals surface area contributed by atoms with Crippen molar-refractivity contribution in [1.82, 2.24) is 15.1 Å². The molecule has 0 amide bonds. The number of para-hydroxylation sites is 1. The van der Waals surface area contributed by atoms with Crippen molar-refractivity contribution in [2.75, 3.05) is 46.4 Å². The van der Waals surface area contributed by atoms with E-state index < -0.39 is 46.6 Å². The maximum absolute atomic E-state index is 14.8. The number of ether oxygens (including phenoxy) is 5. The molecule has 4 bridgehead atoms. The van der Waals surface area contributed by atoms with Gasteiger partial charge in [-0.3, -0.25) is 19.9 Å². The molecule has 13 nitrogen and oxygen atoms in total. The first kappa shape index (κ1) is 34.1. The van der Waals surface area contributed by atoms with Gasteiger partial charge in [-0.05, 0) is 44.5 Å². The Balaban J connectivity index is 1.25. The van der Waals surface area contributed by atoms with E-state index in [9.17, 15) is 19.8 Å². The molecule has 1 aromatic heterocycles. The lowest BCUT2D eigenvalue weighted by atomic mass is 9.78. The van der Waals surface area contributed by atoms with Crippen molar-refractivity contribution in [3.05, 3.63) is 75.0 Å². The van der Waals surface area contributed by atoms with Crippen LogP contribution < -0.4 is 24.3 Å². The number of aliphatic hydroxyl groups is 1. The minimum Gasteiger partial charge on any atom is -0.504 e. The van der Waals surface area contributed by atoms with Crippen LogP contribution in [0.3, 0.4) is 0 Å². The SMILES string of the molecule is COc1c(C)cc2c(c1O)[C@@H]1[C@@H]3[C@@H]4SC[C@]5(NCCc6c5oc5ccccc65)C(=O)OC[C@@H](c5c6c(c(C)c(OC(C)=O)c54)OCO6)N3[C@](O)(C2)CN1C. The lowest BCUT2D eigenvalue weighted by Crippen LogP contribution is -2.70. The van der Waals surface area contributed by atoms with E-state index in [2.05, 4.69) is 15.1 Å². The second-order valence-corrected chi connectivity index (χ2v) is 16.5. The lowest BCUT2D eigenvalue weighted by molar-refractivity contribution is -0.215. The number of nitrogens with zero attached hydrogens (tertiary/aromatic N) is 2. The van der Waals surface area contributed by atoms with Gasteiger partial charge < -0.3 is 38.3 Å². The van der Waals surface area contributed by atoms with Crippen LogP contribution in [0.2, 0.25) is 0 Å². The molecule has 12 rings (SSSR count). The van der Waals surface area contributed by atoms with Gasteiger partial charge >= 0.3 is 11.9 Å². The van der Waals surface area contributed by atoms with Crippen LogP contribution in [-0.2, 0) is 32.7 Å². The number of carbonyl (C=O) groups is 2. The third-order valence-electron chi connectivity index (χ3n) is 12.3. The number of nitrogens with one attached hydrogen (secondary N) is 1. The number of furan rings is 1. The quantitative estimate of drug-likeness (QED) is 0.195. The van der Waals surface area contributed by atoms with Gasteiger partial charge in [0.2, 0.25) is 6.79 Å². The van der Waals surface area contributed by atoms with Crippen molar-refractivity contribution in [2.45, 2.75) is 68.3 Å². The zero-order chi connectivity index (χ0) is 37.4. The highest BCUT2D eigenvalue weighted by Gasteiger charge is 2.64. The molecule has 2 fully saturated rings. The highest BCUT2D eigenvalue weighted by Crippen LogP contribution is 2.65. The van der Waals surface area contributed by atoms with Crippen molar-refractivity contribution in [3.63, 3.8) is 0 Å². The number of aryl methyl sites for hydroxylation is 1. The standard InChI is InChI=1S/C40H41N3O10S/c1-18-12-21-13-39(47)15-42(4)29(26(21)31(45)32(18)48-5)30-36-28-27(35-34(50-17-51-35)19(2)33(28)52-20(3)44)24(43(30)39)14-49-38(46)40(16-54-36)37-23(10-11-41-40)22-8-6-7-9-25(22)53-37/h6-9,12,24,29-30,36,41,45,47H,10-11,13-17H2,1-5H3/t24-,29+,30+,36+,39-,40+/m0/s1. The molecule has 282 valence electrons. The lowest BCUT2D eigenvalue weighted by Gasteiger charge is -2.60. The molecule has 0 aliphatic carbocycles. The van der Waals surface area contributed by atoms with Gasteiger partial charge in [0.05, 0.1) is 24.4 Å². The van der Waals surface area contributed by atoms with Crippen LogP contribution in [0.4, 0.5) is 0 Å². The first-order valence-electron chi connectivity index (χ1n) is 18.3. The van der Waals surface area contributed by atoms with Crippen LogP contribution in [0.5, 0.6) is 28.7 Å². The van der Waals surface area contributed by atoms with Crippen molar-refractivity contribution in [3.8, 4) is 28.7 Å². The van der Waals surface area contributed by atoms with Crippen LogP contribution in [-0.4, -0.2) is 90.1 Å². The van der Waals surface area contributed by atoms with Crippen LogP contribution in [0.15, 0.2) is 34.7 Å². The molecule has 0 saturated carbocycles. The molecule has 2 saturated heterocycles. The molecule has 3 N–H and O–H groups in total. The predicted molar refractivity (Wildman–Crippen MR) is 196 cm³/mol. The molecule has 8 aliphatic heterocycles. The monoisotopic (exact) mass is 755 g/mol. The maximum atomic E-state index is 14.8. The van der Waals surface area contributed by atoms with Gasteiger partial charge in [-0.25, -0.2) is 4.79 Å². The number of esters is 2. The number of hydrogen-bond donors (Lipinski definition) is 3. The van der Waals surface area contributed by atoms with E-state index in [1.807, 2.05) is 51.2 Å². The molecule has 8 aliphatic rings. The molecule has 4 aromatic rings. The minimum atomic E-state index is -1.49. The average Bonchev–Trinajstić information content (AvgIpc) is 3.73. The number of likely N-dealkylation sites (N-methyl/N-ethyl adjacent to an activating group) is 1. The van der Waals surface area contributed by atoms with Gasteiger partial charge in [0, 0.05) is 71.4 Å². The first-order chi connectivity index (χ1) is 26.0. The predicted octanol–water partition coefficient (Wildman–Crippen LogP) is 4.45. The van der Waals surface area contributed by atoms with Crippen molar-refractivity contribution < 1.29 is 47.9 Å². The third kappa shape index (κ3) is 4.42. The Morgan fingerprint density at radius 1 is 1.09 bits per heavy atom. The van der Waals surface area contributed by atoms with Gasteiger partial charge in [0.1, 0.15) is 29.4 Å². The normalized spacial score (nSPS) is 30.6. The maximum Gasteiger partial charge on any atom is 0.335 e. The average molecular weight is 756 g/mol. The van der Waals surface area contributed by atoms with Crippen LogP contribution in [0.1, 0.15) is 69.0 Å². The molecule has 54 heavy (non-hydrogen) atoms. The zero-order valence-electron chi connectivity index (χ0n) is 30.6. The molecule has 1 unspecified atom stereocenters. The van der Waals surface area contributed by atoms with Crippen molar-refractivity contribution >= 4 is 34.7 Å². The Labute approximate surface area is 315 Å². The number of rotatable bonds is 2. The van der Waals surface area contributed by atoms with Crippen LogP contribution in [0, 0.1) is 13.8 Å². The Morgan fingerprint density at radius 3 is 2.69 bits per heavy atom. The van der Waals surface area contributed by atoms with Gasteiger partial charge in [-0.15, -0.1) is 11.8 Å². The number of thioether (sulfide) groups is 1. The fraction of sp³-hybridized carbons (Fsp3) is 0.450. The summed E-state index contributed by atoms with van der Waals surface area (Å²) in [7, 11) is 3.49. The molecule has 7 atom stereocenters. The van der Waals surface area contributed by atoms with E-state index in [1.54, 1.807) is 0 Å².